The van der Waals surface area contributed by atoms with Crippen LogP contribution in [-0.2, 0) is 19.3 Å². The Bertz CT molecular complexity index is 947. The van der Waals surface area contributed by atoms with Crippen LogP contribution in [-0.4, -0.2) is 6.61 Å². The van der Waals surface area contributed by atoms with Crippen molar-refractivity contribution in [3.8, 4) is 5.75 Å². The number of benzene rings is 3. The second-order valence-corrected chi connectivity index (χ2v) is 7.00. The molecule has 27 heavy (non-hydrogen) atoms. The van der Waals surface area contributed by atoms with Crippen LogP contribution in [0.3, 0.4) is 0 Å². The summed E-state index contributed by atoms with van der Waals surface area (Å²) in [4.78, 5) is 0. The van der Waals surface area contributed by atoms with Gasteiger partial charge in [0.05, 0.1) is 6.61 Å². The Kier molecular flexibility index (Phi) is 6.10. The molecular weight excluding hydrogens is 342 g/mol. The van der Waals surface area contributed by atoms with E-state index in [2.05, 4.69) is 43.3 Å². The van der Waals surface area contributed by atoms with Crippen molar-refractivity contribution in [1.29, 1.82) is 0 Å². The highest BCUT2D eigenvalue weighted by Gasteiger charge is 2.17. The van der Waals surface area contributed by atoms with Crippen LogP contribution < -0.4 is 4.74 Å². The molecule has 0 unspecified atom stereocenters. The van der Waals surface area contributed by atoms with Gasteiger partial charge in [0.2, 0.25) is 5.82 Å². The summed E-state index contributed by atoms with van der Waals surface area (Å²) in [5.41, 5.74) is 3.62. The Morgan fingerprint density at radius 1 is 0.778 bits per heavy atom. The van der Waals surface area contributed by atoms with E-state index >= 15 is 0 Å². The van der Waals surface area contributed by atoms with Crippen LogP contribution in [0.5, 0.6) is 5.75 Å². The van der Waals surface area contributed by atoms with E-state index < -0.39 is 11.6 Å². The molecule has 0 spiro atoms. The van der Waals surface area contributed by atoms with Crippen molar-refractivity contribution >= 4 is 10.8 Å². The minimum atomic E-state index is -0.889. The van der Waals surface area contributed by atoms with Crippen molar-refractivity contribution < 1.29 is 13.5 Å². The Morgan fingerprint density at radius 3 is 2.00 bits per heavy atom. The van der Waals surface area contributed by atoms with Crippen LogP contribution in [0.15, 0.2) is 42.5 Å². The van der Waals surface area contributed by atoms with Crippen LogP contribution in [0.2, 0.25) is 0 Å². The molecule has 142 valence electrons. The number of rotatable bonds is 7. The van der Waals surface area contributed by atoms with Crippen molar-refractivity contribution in [2.75, 3.05) is 6.61 Å². The second kappa shape index (κ2) is 8.51. The average Bonchev–Trinajstić information content (AvgIpc) is 2.66. The largest absolute Gasteiger partial charge is 0.491 e. The van der Waals surface area contributed by atoms with E-state index in [1.807, 2.05) is 0 Å². The van der Waals surface area contributed by atoms with Crippen LogP contribution >= 0.6 is 0 Å². The lowest BCUT2D eigenvalue weighted by atomic mass is 9.97. The maximum atomic E-state index is 14.5. The van der Waals surface area contributed by atoms with Gasteiger partial charge in [0, 0.05) is 0 Å². The summed E-state index contributed by atoms with van der Waals surface area (Å²) in [7, 11) is 0. The van der Waals surface area contributed by atoms with Gasteiger partial charge in [0.1, 0.15) is 0 Å². The molecule has 0 fully saturated rings. The van der Waals surface area contributed by atoms with E-state index in [0.717, 1.165) is 24.0 Å². The quantitative estimate of drug-likeness (QED) is 0.459. The molecule has 0 aliphatic heterocycles. The fourth-order valence-electron chi connectivity index (χ4n) is 3.54. The highest BCUT2D eigenvalue weighted by atomic mass is 19.2. The molecule has 1 nitrogen and oxygen atoms in total. The Labute approximate surface area is 160 Å². The Balaban J connectivity index is 1.80. The molecule has 3 aromatic carbocycles. The highest BCUT2D eigenvalue weighted by Crippen LogP contribution is 2.28. The third kappa shape index (κ3) is 4.29. The molecule has 0 aromatic heterocycles. The summed E-state index contributed by atoms with van der Waals surface area (Å²) in [5, 5.41) is 2.40. The van der Waals surface area contributed by atoms with Gasteiger partial charge in [-0.05, 0) is 72.2 Å². The fraction of sp³-hybridized carbons (Fsp3) is 0.333. The summed E-state index contributed by atoms with van der Waals surface area (Å²) >= 11 is 0. The van der Waals surface area contributed by atoms with Gasteiger partial charge in [0.15, 0.2) is 11.6 Å². The molecule has 0 N–H and O–H groups in total. The van der Waals surface area contributed by atoms with Gasteiger partial charge in [0.25, 0.3) is 0 Å². The summed E-state index contributed by atoms with van der Waals surface area (Å²) in [6.07, 6.45) is 3.34. The van der Waals surface area contributed by atoms with Gasteiger partial charge in [-0.1, -0.05) is 49.7 Å². The Hall–Kier alpha value is -2.42. The Morgan fingerprint density at radius 2 is 1.41 bits per heavy atom. The van der Waals surface area contributed by atoms with E-state index in [-0.39, 0.29) is 5.75 Å². The molecule has 0 saturated heterocycles. The SMILES string of the molecule is CCCc1ccc2cc(CCc3c(C)cc(OCC)c(F)c3F)ccc2c1. The average molecular weight is 368 g/mol. The second-order valence-electron chi connectivity index (χ2n) is 7.00. The molecule has 3 heteroatoms. The lowest BCUT2D eigenvalue weighted by Gasteiger charge is -2.13. The highest BCUT2D eigenvalue weighted by molar-refractivity contribution is 5.83. The molecule has 0 heterocycles. The first-order valence-corrected chi connectivity index (χ1v) is 9.65. The topological polar surface area (TPSA) is 9.23 Å². The third-order valence-corrected chi connectivity index (χ3v) is 4.97. The van der Waals surface area contributed by atoms with Crippen molar-refractivity contribution in [2.24, 2.45) is 0 Å². The maximum Gasteiger partial charge on any atom is 0.200 e. The minimum absolute atomic E-state index is 0.00941. The minimum Gasteiger partial charge on any atom is -0.491 e. The predicted molar refractivity (Wildman–Crippen MR) is 108 cm³/mol. The first kappa shape index (κ1) is 19.3. The summed E-state index contributed by atoms with van der Waals surface area (Å²) in [6.45, 7) is 6.05. The number of hydrogen-bond acceptors (Lipinski definition) is 1. The summed E-state index contributed by atoms with van der Waals surface area (Å²) in [6, 6.07) is 14.5. The van der Waals surface area contributed by atoms with E-state index in [0.29, 0.717) is 25.0 Å². The van der Waals surface area contributed by atoms with E-state index in [9.17, 15) is 8.78 Å². The molecule has 0 amide bonds. The van der Waals surface area contributed by atoms with Crippen LogP contribution in [0.25, 0.3) is 10.8 Å². The normalized spacial score (nSPS) is 11.1. The molecule has 0 bridgehead atoms. The van der Waals surface area contributed by atoms with E-state index in [4.69, 9.17) is 4.74 Å². The zero-order valence-electron chi connectivity index (χ0n) is 16.2. The molecule has 0 aliphatic carbocycles. The van der Waals surface area contributed by atoms with Crippen molar-refractivity contribution in [2.45, 2.75) is 46.5 Å². The third-order valence-electron chi connectivity index (χ3n) is 4.97. The molecule has 0 atom stereocenters. The van der Waals surface area contributed by atoms with Gasteiger partial charge < -0.3 is 4.74 Å². The molecule has 3 aromatic rings. The van der Waals surface area contributed by atoms with Gasteiger partial charge in [-0.2, -0.15) is 4.39 Å². The zero-order chi connectivity index (χ0) is 19.4. The zero-order valence-corrected chi connectivity index (χ0v) is 16.2. The van der Waals surface area contributed by atoms with Gasteiger partial charge in [-0.3, -0.25) is 0 Å². The first-order valence-electron chi connectivity index (χ1n) is 9.65. The smallest absolute Gasteiger partial charge is 0.200 e. The maximum absolute atomic E-state index is 14.5. The first-order chi connectivity index (χ1) is 13.0. The molecule has 0 aliphatic rings. The van der Waals surface area contributed by atoms with Crippen LogP contribution in [0, 0.1) is 18.6 Å². The molecular formula is C24H26F2O. The number of ether oxygens (including phenoxy) is 1. The number of fused-ring (bicyclic) bond motifs is 1. The fourth-order valence-corrected chi connectivity index (χ4v) is 3.54. The van der Waals surface area contributed by atoms with Gasteiger partial charge in [-0.15, -0.1) is 0 Å². The van der Waals surface area contributed by atoms with Gasteiger partial charge in [-0.25, -0.2) is 4.39 Å². The van der Waals surface area contributed by atoms with Crippen molar-refractivity contribution in [3.05, 3.63) is 76.4 Å². The number of halogens is 2. The molecule has 3 rings (SSSR count). The van der Waals surface area contributed by atoms with Crippen molar-refractivity contribution in [3.63, 3.8) is 0 Å². The summed E-state index contributed by atoms with van der Waals surface area (Å²) in [5.74, 6) is -1.69. The lowest BCUT2D eigenvalue weighted by Crippen LogP contribution is -2.04. The summed E-state index contributed by atoms with van der Waals surface area (Å²) < 4.78 is 33.8. The number of hydrogen-bond donors (Lipinski definition) is 0. The van der Waals surface area contributed by atoms with Crippen molar-refractivity contribution in [1.82, 2.24) is 0 Å². The van der Waals surface area contributed by atoms with Crippen LogP contribution in [0.1, 0.15) is 42.5 Å². The van der Waals surface area contributed by atoms with E-state index in [1.54, 1.807) is 19.9 Å². The van der Waals surface area contributed by atoms with E-state index in [1.165, 1.54) is 16.3 Å². The number of aryl methyl sites for hydroxylation is 3. The molecule has 0 radical (unpaired) electrons. The predicted octanol–water partition coefficient (Wildman–Crippen LogP) is 6.56. The molecule has 0 saturated carbocycles. The van der Waals surface area contributed by atoms with Crippen LogP contribution in [0.4, 0.5) is 8.78 Å². The lowest BCUT2D eigenvalue weighted by molar-refractivity contribution is 0.313. The van der Waals surface area contributed by atoms with Gasteiger partial charge >= 0.3 is 0 Å². The standard InChI is InChI=1S/C24H26F2O/c1-4-6-17-7-10-20-15-18(8-11-19(20)14-17)9-12-21-16(3)13-22(27-5-2)24(26)23(21)25/h7-8,10-11,13-15H,4-6,9,12H2,1-3H3. The monoisotopic (exact) mass is 368 g/mol.